The van der Waals surface area contributed by atoms with Gasteiger partial charge in [-0.15, -0.1) is 5.73 Å². The van der Waals surface area contributed by atoms with Crippen LogP contribution in [0.5, 0.6) is 0 Å². The summed E-state index contributed by atoms with van der Waals surface area (Å²) in [5.74, 6) is 0. The first-order valence-corrected chi connectivity index (χ1v) is 4.42. The summed E-state index contributed by atoms with van der Waals surface area (Å²) in [7, 11) is 0. The second kappa shape index (κ2) is 7.11. The van der Waals surface area contributed by atoms with Crippen molar-refractivity contribution in [1.29, 1.82) is 0 Å². The van der Waals surface area contributed by atoms with Gasteiger partial charge in [0.05, 0.1) is 0 Å². The van der Waals surface area contributed by atoms with E-state index in [0.717, 1.165) is 12.0 Å². The van der Waals surface area contributed by atoms with Gasteiger partial charge in [-0.3, -0.25) is 0 Å². The molecule has 0 heterocycles. The van der Waals surface area contributed by atoms with Crippen LogP contribution in [0.3, 0.4) is 0 Å². The van der Waals surface area contributed by atoms with Crippen molar-refractivity contribution in [2.75, 3.05) is 13.2 Å². The van der Waals surface area contributed by atoms with Crippen LogP contribution in [0.15, 0.2) is 17.9 Å². The Balaban J connectivity index is 4.15. The van der Waals surface area contributed by atoms with E-state index in [9.17, 15) is 0 Å². The number of hydrogen-bond donors (Lipinski definition) is 0. The number of rotatable bonds is 6. The zero-order valence-electron chi connectivity index (χ0n) is 8.22. The molecular formula is C10H18O2. The van der Waals surface area contributed by atoms with Crippen molar-refractivity contribution >= 4 is 0 Å². The average molecular weight is 170 g/mol. The van der Waals surface area contributed by atoms with Crippen molar-refractivity contribution in [3.05, 3.63) is 17.9 Å². The monoisotopic (exact) mass is 170 g/mol. The van der Waals surface area contributed by atoms with E-state index in [2.05, 4.69) is 12.3 Å². The van der Waals surface area contributed by atoms with Crippen LogP contribution in [0.1, 0.15) is 27.2 Å². The lowest BCUT2D eigenvalue weighted by Crippen LogP contribution is -2.19. The molecule has 0 radical (unpaired) electrons. The molecular weight excluding hydrogens is 152 g/mol. The van der Waals surface area contributed by atoms with E-state index in [1.807, 2.05) is 20.8 Å². The first-order valence-electron chi connectivity index (χ1n) is 4.42. The Morgan fingerprint density at radius 3 is 2.00 bits per heavy atom. The van der Waals surface area contributed by atoms with E-state index in [0.29, 0.717) is 13.2 Å². The maximum absolute atomic E-state index is 5.36. The first kappa shape index (κ1) is 11.4. The summed E-state index contributed by atoms with van der Waals surface area (Å²) in [4.78, 5) is 0. The lowest BCUT2D eigenvalue weighted by atomic mass is 10.2. The van der Waals surface area contributed by atoms with Crippen LogP contribution in [-0.4, -0.2) is 19.5 Å². The van der Waals surface area contributed by atoms with Crippen LogP contribution >= 0.6 is 0 Å². The molecule has 0 aliphatic heterocycles. The molecule has 0 saturated heterocycles. The van der Waals surface area contributed by atoms with Gasteiger partial charge in [0.25, 0.3) is 0 Å². The zero-order chi connectivity index (χ0) is 9.40. The molecule has 0 aliphatic carbocycles. The predicted molar refractivity (Wildman–Crippen MR) is 50.0 cm³/mol. The van der Waals surface area contributed by atoms with Gasteiger partial charge >= 0.3 is 0 Å². The van der Waals surface area contributed by atoms with Gasteiger partial charge in [-0.25, -0.2) is 0 Å². The summed E-state index contributed by atoms with van der Waals surface area (Å²) >= 11 is 0. The third kappa shape index (κ3) is 3.72. The van der Waals surface area contributed by atoms with Crippen LogP contribution in [0.2, 0.25) is 0 Å². The Kier molecular flexibility index (Phi) is 6.78. The summed E-state index contributed by atoms with van der Waals surface area (Å²) in [6.07, 6.45) is 0.622. The van der Waals surface area contributed by atoms with Gasteiger partial charge in [-0.1, -0.05) is 13.5 Å². The third-order valence-corrected chi connectivity index (χ3v) is 1.53. The van der Waals surface area contributed by atoms with E-state index in [-0.39, 0.29) is 6.29 Å². The zero-order valence-corrected chi connectivity index (χ0v) is 8.22. The van der Waals surface area contributed by atoms with E-state index in [1.54, 1.807) is 0 Å². The van der Waals surface area contributed by atoms with Gasteiger partial charge in [0.15, 0.2) is 6.29 Å². The highest BCUT2D eigenvalue weighted by Crippen LogP contribution is 2.10. The van der Waals surface area contributed by atoms with Crippen molar-refractivity contribution < 1.29 is 9.47 Å². The molecule has 2 heteroatoms. The highest BCUT2D eigenvalue weighted by Gasteiger charge is 2.11. The van der Waals surface area contributed by atoms with Gasteiger partial charge in [-0.05, 0) is 20.3 Å². The van der Waals surface area contributed by atoms with E-state index >= 15 is 0 Å². The van der Waals surface area contributed by atoms with Crippen molar-refractivity contribution in [3.8, 4) is 0 Å². The fourth-order valence-electron chi connectivity index (χ4n) is 0.927. The maximum atomic E-state index is 5.36. The average Bonchev–Trinajstić information content (AvgIpc) is 2.07. The Labute approximate surface area is 74.9 Å². The molecule has 0 fully saturated rings. The fraction of sp³-hybridized carbons (Fsp3) is 0.700. The molecule has 0 bridgehead atoms. The largest absolute Gasteiger partial charge is 0.348 e. The fourth-order valence-corrected chi connectivity index (χ4v) is 0.927. The SMILES string of the molecule is C=C=C(CC)C(OCC)OCC. The van der Waals surface area contributed by atoms with E-state index < -0.39 is 0 Å². The maximum Gasteiger partial charge on any atom is 0.187 e. The Hall–Kier alpha value is -0.560. The molecule has 2 nitrogen and oxygen atoms in total. The van der Waals surface area contributed by atoms with Crippen LogP contribution in [0, 0.1) is 0 Å². The Morgan fingerprint density at radius 2 is 1.75 bits per heavy atom. The summed E-state index contributed by atoms with van der Waals surface area (Å²) < 4.78 is 10.7. The smallest absolute Gasteiger partial charge is 0.187 e. The summed E-state index contributed by atoms with van der Waals surface area (Å²) in [6, 6.07) is 0. The van der Waals surface area contributed by atoms with E-state index in [1.165, 1.54) is 0 Å². The van der Waals surface area contributed by atoms with Crippen LogP contribution in [0.25, 0.3) is 0 Å². The van der Waals surface area contributed by atoms with Gasteiger partial charge in [-0.2, -0.15) is 0 Å². The quantitative estimate of drug-likeness (QED) is 0.450. The summed E-state index contributed by atoms with van der Waals surface area (Å²) in [5.41, 5.74) is 3.82. The van der Waals surface area contributed by atoms with Crippen LogP contribution in [0.4, 0.5) is 0 Å². The first-order chi connectivity index (χ1) is 5.79. The molecule has 0 atom stereocenters. The molecule has 0 aromatic rings. The summed E-state index contributed by atoms with van der Waals surface area (Å²) in [5, 5.41) is 0. The topological polar surface area (TPSA) is 18.5 Å². The molecule has 0 aromatic heterocycles. The minimum atomic E-state index is -0.248. The molecule has 0 N–H and O–H groups in total. The lowest BCUT2D eigenvalue weighted by molar-refractivity contribution is -0.112. The number of ether oxygens (including phenoxy) is 2. The van der Waals surface area contributed by atoms with E-state index in [4.69, 9.17) is 9.47 Å². The minimum Gasteiger partial charge on any atom is -0.348 e. The molecule has 0 aliphatic rings. The Bertz CT molecular complexity index is 151. The molecule has 70 valence electrons. The van der Waals surface area contributed by atoms with Crippen molar-refractivity contribution in [2.45, 2.75) is 33.5 Å². The highest BCUT2D eigenvalue weighted by atomic mass is 16.7. The minimum absolute atomic E-state index is 0.248. The Morgan fingerprint density at radius 1 is 1.25 bits per heavy atom. The second-order valence-corrected chi connectivity index (χ2v) is 2.30. The molecule has 12 heavy (non-hydrogen) atoms. The summed E-state index contributed by atoms with van der Waals surface area (Å²) in [6.45, 7) is 10.8. The third-order valence-electron chi connectivity index (χ3n) is 1.53. The van der Waals surface area contributed by atoms with Gasteiger partial charge in [0, 0.05) is 18.8 Å². The van der Waals surface area contributed by atoms with Gasteiger partial charge < -0.3 is 9.47 Å². The normalized spacial score (nSPS) is 10.0. The molecule has 0 saturated carbocycles. The predicted octanol–water partition coefficient (Wildman–Crippen LogP) is 2.51. The second-order valence-electron chi connectivity index (χ2n) is 2.30. The van der Waals surface area contributed by atoms with Crippen LogP contribution < -0.4 is 0 Å². The number of hydrogen-bond acceptors (Lipinski definition) is 2. The molecule has 0 amide bonds. The van der Waals surface area contributed by atoms with Crippen molar-refractivity contribution in [3.63, 3.8) is 0 Å². The molecule has 0 spiro atoms. The highest BCUT2D eigenvalue weighted by molar-refractivity contribution is 5.01. The molecule has 0 aromatic carbocycles. The molecule has 0 rings (SSSR count). The van der Waals surface area contributed by atoms with Gasteiger partial charge in [0.2, 0.25) is 0 Å². The van der Waals surface area contributed by atoms with Crippen molar-refractivity contribution in [2.24, 2.45) is 0 Å². The van der Waals surface area contributed by atoms with Gasteiger partial charge in [0.1, 0.15) is 0 Å². The lowest BCUT2D eigenvalue weighted by Gasteiger charge is -2.17. The molecule has 0 unspecified atom stereocenters. The van der Waals surface area contributed by atoms with Crippen LogP contribution in [-0.2, 0) is 9.47 Å². The standard InChI is InChI=1S/C10H18O2/c1-5-9(6-2)10(11-7-3)12-8-4/h10H,1,6-8H2,2-4H3. The van der Waals surface area contributed by atoms with Crippen molar-refractivity contribution in [1.82, 2.24) is 0 Å².